The number of aliphatic imine (C=N–C) groups is 1. The minimum absolute atomic E-state index is 0.187. The first kappa shape index (κ1) is 18.4. The SMILES string of the molecule is CC(NC(=O)OCc1ccccc1)C1=N[C@@H](Cc2ccccc2)C(=O)NN1. The molecular weight excluding hydrogens is 344 g/mol. The van der Waals surface area contributed by atoms with Crippen molar-refractivity contribution in [2.45, 2.75) is 32.0 Å². The number of carbonyl (C=O) groups excluding carboxylic acids is 2. The normalized spacial score (nSPS) is 17.1. The Balaban J connectivity index is 1.56. The lowest BCUT2D eigenvalue weighted by Crippen LogP contribution is -2.57. The number of ether oxygens (including phenoxy) is 1. The number of hydrazine groups is 1. The zero-order valence-corrected chi connectivity index (χ0v) is 15.0. The Labute approximate surface area is 157 Å². The van der Waals surface area contributed by atoms with Gasteiger partial charge in [0.15, 0.2) is 0 Å². The van der Waals surface area contributed by atoms with Crippen molar-refractivity contribution < 1.29 is 14.3 Å². The molecule has 0 aliphatic carbocycles. The maximum atomic E-state index is 12.1. The summed E-state index contributed by atoms with van der Waals surface area (Å²) in [5.41, 5.74) is 7.27. The number of nitrogens with one attached hydrogen (secondary N) is 3. The molecular formula is C20H22N4O3. The van der Waals surface area contributed by atoms with E-state index in [1.165, 1.54) is 0 Å². The van der Waals surface area contributed by atoms with Gasteiger partial charge in [-0.1, -0.05) is 60.7 Å². The zero-order chi connectivity index (χ0) is 19.1. The average molecular weight is 366 g/mol. The Morgan fingerprint density at radius 3 is 2.37 bits per heavy atom. The van der Waals surface area contributed by atoms with Crippen molar-refractivity contribution in [1.82, 2.24) is 16.2 Å². The molecule has 0 spiro atoms. The fourth-order valence-electron chi connectivity index (χ4n) is 2.67. The summed E-state index contributed by atoms with van der Waals surface area (Å²) < 4.78 is 5.21. The predicted octanol–water partition coefficient (Wildman–Crippen LogP) is 1.95. The van der Waals surface area contributed by atoms with E-state index in [1.54, 1.807) is 6.92 Å². The van der Waals surface area contributed by atoms with Crippen LogP contribution in [0.5, 0.6) is 0 Å². The Bertz CT molecular complexity index is 808. The van der Waals surface area contributed by atoms with Gasteiger partial charge in [-0.05, 0) is 18.1 Å². The Kier molecular flexibility index (Phi) is 6.04. The molecule has 7 heteroatoms. The van der Waals surface area contributed by atoms with E-state index in [0.29, 0.717) is 12.3 Å². The molecule has 0 aromatic heterocycles. The van der Waals surface area contributed by atoms with E-state index < -0.39 is 18.2 Å². The molecule has 2 aromatic carbocycles. The van der Waals surface area contributed by atoms with Gasteiger partial charge in [0.2, 0.25) is 0 Å². The summed E-state index contributed by atoms with van der Waals surface area (Å²) in [5.74, 6) is 0.272. The topological polar surface area (TPSA) is 91.8 Å². The smallest absolute Gasteiger partial charge is 0.408 e. The van der Waals surface area contributed by atoms with Gasteiger partial charge < -0.3 is 10.1 Å². The van der Waals surface area contributed by atoms with E-state index in [1.807, 2.05) is 60.7 Å². The number of hydrogen-bond acceptors (Lipinski definition) is 5. The van der Waals surface area contributed by atoms with E-state index in [9.17, 15) is 9.59 Å². The van der Waals surface area contributed by atoms with Gasteiger partial charge in [0, 0.05) is 6.42 Å². The molecule has 0 bridgehead atoms. The molecule has 2 amide bonds. The highest BCUT2D eigenvalue weighted by atomic mass is 16.5. The van der Waals surface area contributed by atoms with Crippen molar-refractivity contribution >= 4 is 17.8 Å². The molecule has 1 heterocycles. The first-order valence-electron chi connectivity index (χ1n) is 8.76. The first-order valence-corrected chi connectivity index (χ1v) is 8.76. The summed E-state index contributed by atoms with van der Waals surface area (Å²) in [6.07, 6.45) is -0.0596. The quantitative estimate of drug-likeness (QED) is 0.729. The van der Waals surface area contributed by atoms with E-state index in [-0.39, 0.29) is 12.5 Å². The van der Waals surface area contributed by atoms with Crippen LogP contribution in [0.2, 0.25) is 0 Å². The third kappa shape index (κ3) is 5.31. The van der Waals surface area contributed by atoms with Gasteiger partial charge in [0.05, 0.1) is 6.04 Å². The monoisotopic (exact) mass is 366 g/mol. The van der Waals surface area contributed by atoms with Crippen LogP contribution in [0.25, 0.3) is 0 Å². The molecule has 0 saturated carbocycles. The van der Waals surface area contributed by atoms with Crippen molar-refractivity contribution in [1.29, 1.82) is 0 Å². The van der Waals surface area contributed by atoms with Crippen LogP contribution >= 0.6 is 0 Å². The highest BCUT2D eigenvalue weighted by molar-refractivity contribution is 5.97. The summed E-state index contributed by atoms with van der Waals surface area (Å²) in [4.78, 5) is 28.5. The molecule has 0 saturated heterocycles. The number of rotatable bonds is 6. The molecule has 0 fully saturated rings. The fraction of sp³-hybridized carbons (Fsp3) is 0.250. The van der Waals surface area contributed by atoms with Crippen LogP contribution in [0, 0.1) is 0 Å². The predicted molar refractivity (Wildman–Crippen MR) is 102 cm³/mol. The van der Waals surface area contributed by atoms with Gasteiger partial charge >= 0.3 is 6.09 Å². The van der Waals surface area contributed by atoms with Crippen molar-refractivity contribution in [2.24, 2.45) is 4.99 Å². The van der Waals surface area contributed by atoms with Gasteiger partial charge in [0.1, 0.15) is 18.5 Å². The number of hydrogen-bond donors (Lipinski definition) is 3. The van der Waals surface area contributed by atoms with Crippen LogP contribution in [0.15, 0.2) is 65.7 Å². The highest BCUT2D eigenvalue weighted by Gasteiger charge is 2.26. The van der Waals surface area contributed by atoms with Crippen molar-refractivity contribution in [3.8, 4) is 0 Å². The standard InChI is InChI=1S/C20H22N4O3/c1-14(21-20(26)27-13-16-10-6-3-7-11-16)18-22-17(19(25)24-23-18)12-15-8-4-2-5-9-15/h2-11,14,17H,12-13H2,1H3,(H,21,26)(H,22,23)(H,24,25)/t14?,17-/m0/s1. The van der Waals surface area contributed by atoms with Crippen molar-refractivity contribution in [3.05, 3.63) is 71.8 Å². The van der Waals surface area contributed by atoms with Gasteiger partial charge in [-0.25, -0.2) is 4.79 Å². The largest absolute Gasteiger partial charge is 0.445 e. The first-order chi connectivity index (χ1) is 13.1. The lowest BCUT2D eigenvalue weighted by molar-refractivity contribution is -0.123. The minimum atomic E-state index is -0.549. The molecule has 2 aromatic rings. The Morgan fingerprint density at radius 2 is 1.70 bits per heavy atom. The molecule has 7 nitrogen and oxygen atoms in total. The second-order valence-electron chi connectivity index (χ2n) is 6.26. The molecule has 3 N–H and O–H groups in total. The van der Waals surface area contributed by atoms with Gasteiger partial charge in [0.25, 0.3) is 5.91 Å². The number of amides is 2. The Morgan fingerprint density at radius 1 is 1.07 bits per heavy atom. The van der Waals surface area contributed by atoms with Crippen LogP contribution < -0.4 is 16.2 Å². The van der Waals surface area contributed by atoms with E-state index in [2.05, 4.69) is 21.2 Å². The van der Waals surface area contributed by atoms with E-state index >= 15 is 0 Å². The molecule has 0 radical (unpaired) electrons. The molecule has 1 aliphatic heterocycles. The molecule has 1 aliphatic rings. The summed E-state index contributed by atoms with van der Waals surface area (Å²) >= 11 is 0. The number of nitrogens with zero attached hydrogens (tertiary/aromatic N) is 1. The lowest BCUT2D eigenvalue weighted by Gasteiger charge is -2.26. The highest BCUT2D eigenvalue weighted by Crippen LogP contribution is 2.09. The molecule has 27 heavy (non-hydrogen) atoms. The molecule has 3 rings (SSSR count). The Hall–Kier alpha value is -3.35. The van der Waals surface area contributed by atoms with Crippen molar-refractivity contribution in [3.63, 3.8) is 0 Å². The average Bonchev–Trinajstić information content (AvgIpc) is 2.69. The number of alkyl carbamates (subject to hydrolysis) is 1. The van der Waals surface area contributed by atoms with Gasteiger partial charge in [-0.3, -0.25) is 20.6 Å². The van der Waals surface area contributed by atoms with Crippen LogP contribution in [0.4, 0.5) is 4.79 Å². The fourth-order valence-corrected chi connectivity index (χ4v) is 2.67. The molecule has 2 atom stereocenters. The second-order valence-corrected chi connectivity index (χ2v) is 6.26. The maximum Gasteiger partial charge on any atom is 0.408 e. The maximum absolute atomic E-state index is 12.1. The summed E-state index contributed by atoms with van der Waals surface area (Å²) in [7, 11) is 0. The van der Waals surface area contributed by atoms with Crippen LogP contribution in [0.1, 0.15) is 18.1 Å². The van der Waals surface area contributed by atoms with Crippen LogP contribution in [-0.4, -0.2) is 29.9 Å². The van der Waals surface area contributed by atoms with Crippen LogP contribution in [-0.2, 0) is 22.6 Å². The minimum Gasteiger partial charge on any atom is -0.445 e. The summed E-state index contributed by atoms with van der Waals surface area (Å²) in [5, 5.41) is 2.71. The van der Waals surface area contributed by atoms with Crippen molar-refractivity contribution in [2.75, 3.05) is 0 Å². The molecule has 1 unspecified atom stereocenters. The third-order valence-electron chi connectivity index (χ3n) is 4.14. The number of amidine groups is 1. The molecule has 140 valence electrons. The van der Waals surface area contributed by atoms with Gasteiger partial charge in [-0.2, -0.15) is 0 Å². The number of benzene rings is 2. The summed E-state index contributed by atoms with van der Waals surface area (Å²) in [6, 6.07) is 18.1. The zero-order valence-electron chi connectivity index (χ0n) is 15.0. The lowest BCUT2D eigenvalue weighted by atomic mass is 10.1. The van der Waals surface area contributed by atoms with Crippen LogP contribution in [0.3, 0.4) is 0 Å². The van der Waals surface area contributed by atoms with E-state index in [4.69, 9.17) is 4.74 Å². The summed E-state index contributed by atoms with van der Waals surface area (Å²) in [6.45, 7) is 1.96. The second kappa shape index (κ2) is 8.84. The number of carbonyl (C=O) groups is 2. The van der Waals surface area contributed by atoms with Gasteiger partial charge in [-0.15, -0.1) is 0 Å². The third-order valence-corrected chi connectivity index (χ3v) is 4.14. The van der Waals surface area contributed by atoms with E-state index in [0.717, 1.165) is 11.1 Å².